The number of carbonyl (C=O) groups excluding carboxylic acids is 1. The minimum absolute atomic E-state index is 0.0494. The average Bonchev–Trinajstić information content (AvgIpc) is 2.39. The van der Waals surface area contributed by atoms with Gasteiger partial charge in [-0.1, -0.05) is 13.0 Å². The molecule has 1 aliphatic heterocycles. The summed E-state index contributed by atoms with van der Waals surface area (Å²) in [6.07, 6.45) is 0.756. The molecule has 2 rings (SSSR count). The molecule has 1 amide bonds. The van der Waals surface area contributed by atoms with E-state index in [1.165, 1.54) is 23.1 Å². The molecule has 19 heavy (non-hydrogen) atoms. The molecule has 2 unspecified atom stereocenters. The Morgan fingerprint density at radius 1 is 1.53 bits per heavy atom. The summed E-state index contributed by atoms with van der Waals surface area (Å²) < 4.78 is 19.0. The Balaban J connectivity index is 2.20. The van der Waals surface area contributed by atoms with Gasteiger partial charge in [0.05, 0.1) is 6.10 Å². The second-order valence-corrected chi connectivity index (χ2v) is 4.93. The maximum absolute atomic E-state index is 13.7. The molecular formula is C14H18FNO3. The summed E-state index contributed by atoms with van der Waals surface area (Å²) in [7, 11) is 1.61. The molecule has 4 nitrogen and oxygen atoms in total. The molecule has 0 spiro atoms. The zero-order valence-electron chi connectivity index (χ0n) is 11.1. The van der Waals surface area contributed by atoms with E-state index in [2.05, 4.69) is 6.92 Å². The number of aromatic hydroxyl groups is 1. The monoisotopic (exact) mass is 267 g/mol. The minimum Gasteiger partial charge on any atom is -0.507 e. The lowest BCUT2D eigenvalue weighted by Gasteiger charge is -2.36. The number of rotatable bonds is 2. The Hall–Kier alpha value is -1.62. The molecular weight excluding hydrogens is 249 g/mol. The fourth-order valence-electron chi connectivity index (χ4n) is 2.41. The molecule has 1 N–H and O–H groups in total. The van der Waals surface area contributed by atoms with Crippen LogP contribution in [0.1, 0.15) is 23.7 Å². The van der Waals surface area contributed by atoms with Crippen LogP contribution in [0.3, 0.4) is 0 Å². The molecule has 2 atom stereocenters. The summed E-state index contributed by atoms with van der Waals surface area (Å²) in [5.74, 6) is -1.14. The van der Waals surface area contributed by atoms with E-state index in [1.54, 1.807) is 7.11 Å². The molecule has 1 saturated heterocycles. The summed E-state index contributed by atoms with van der Waals surface area (Å²) in [5.41, 5.74) is -0.257. The van der Waals surface area contributed by atoms with E-state index in [1.807, 2.05) is 0 Å². The van der Waals surface area contributed by atoms with E-state index in [0.717, 1.165) is 6.42 Å². The van der Waals surface area contributed by atoms with Crippen LogP contribution in [0.2, 0.25) is 0 Å². The molecule has 1 fully saturated rings. The molecule has 0 aliphatic carbocycles. The number of halogens is 1. The van der Waals surface area contributed by atoms with Crippen LogP contribution < -0.4 is 0 Å². The molecule has 1 aliphatic rings. The standard InChI is InChI=1S/C14H18FNO3/c1-9-6-7-16(8-12(9)19-2)14(18)13-10(15)4-3-5-11(13)17/h3-5,9,12,17H,6-8H2,1-2H3. The van der Waals surface area contributed by atoms with E-state index >= 15 is 0 Å². The first kappa shape index (κ1) is 13.8. The summed E-state index contributed by atoms with van der Waals surface area (Å²) in [6, 6.07) is 3.86. The highest BCUT2D eigenvalue weighted by atomic mass is 19.1. The third-order valence-corrected chi connectivity index (χ3v) is 3.68. The van der Waals surface area contributed by atoms with Crippen LogP contribution in [-0.2, 0) is 4.74 Å². The van der Waals surface area contributed by atoms with Crippen molar-refractivity contribution in [1.82, 2.24) is 4.90 Å². The number of benzene rings is 1. The van der Waals surface area contributed by atoms with Crippen LogP contribution in [0.25, 0.3) is 0 Å². The van der Waals surface area contributed by atoms with Gasteiger partial charge in [-0.25, -0.2) is 4.39 Å². The Kier molecular flexibility index (Phi) is 4.04. The Morgan fingerprint density at radius 3 is 2.89 bits per heavy atom. The molecule has 0 aromatic heterocycles. The molecule has 1 heterocycles. The number of phenols is 1. The maximum atomic E-state index is 13.7. The quantitative estimate of drug-likeness (QED) is 0.892. The van der Waals surface area contributed by atoms with Gasteiger partial charge < -0.3 is 14.7 Å². The van der Waals surface area contributed by atoms with Crippen LogP contribution in [-0.4, -0.2) is 42.2 Å². The number of ether oxygens (including phenoxy) is 1. The summed E-state index contributed by atoms with van der Waals surface area (Å²) in [6.45, 7) is 3.04. The Labute approximate surface area is 111 Å². The molecule has 1 aromatic rings. The van der Waals surface area contributed by atoms with Crippen molar-refractivity contribution < 1.29 is 19.0 Å². The number of nitrogens with zero attached hydrogens (tertiary/aromatic N) is 1. The topological polar surface area (TPSA) is 49.8 Å². The lowest BCUT2D eigenvalue weighted by Crippen LogP contribution is -2.46. The van der Waals surface area contributed by atoms with Gasteiger partial charge in [0.1, 0.15) is 17.1 Å². The van der Waals surface area contributed by atoms with E-state index in [4.69, 9.17) is 4.74 Å². The van der Waals surface area contributed by atoms with Gasteiger partial charge in [0.15, 0.2) is 0 Å². The first-order valence-corrected chi connectivity index (χ1v) is 6.34. The van der Waals surface area contributed by atoms with Gasteiger partial charge in [0.2, 0.25) is 0 Å². The van der Waals surface area contributed by atoms with Crippen LogP contribution in [0.5, 0.6) is 5.75 Å². The van der Waals surface area contributed by atoms with Crippen molar-refractivity contribution in [3.63, 3.8) is 0 Å². The minimum atomic E-state index is -0.697. The third-order valence-electron chi connectivity index (χ3n) is 3.68. The molecule has 0 saturated carbocycles. The highest BCUT2D eigenvalue weighted by molar-refractivity contribution is 5.97. The van der Waals surface area contributed by atoms with Crippen molar-refractivity contribution in [2.45, 2.75) is 19.4 Å². The zero-order chi connectivity index (χ0) is 14.0. The van der Waals surface area contributed by atoms with Gasteiger partial charge >= 0.3 is 0 Å². The van der Waals surface area contributed by atoms with E-state index < -0.39 is 11.7 Å². The van der Waals surface area contributed by atoms with Crippen molar-refractivity contribution in [2.75, 3.05) is 20.2 Å². The Morgan fingerprint density at radius 2 is 2.26 bits per heavy atom. The molecule has 104 valence electrons. The third kappa shape index (κ3) is 2.71. The predicted octanol–water partition coefficient (Wildman–Crippen LogP) is 2.03. The number of piperidine rings is 1. The zero-order valence-corrected chi connectivity index (χ0v) is 11.1. The fraction of sp³-hybridized carbons (Fsp3) is 0.500. The lowest BCUT2D eigenvalue weighted by molar-refractivity contribution is -0.00182. The summed E-state index contributed by atoms with van der Waals surface area (Å²) >= 11 is 0. The number of likely N-dealkylation sites (tertiary alicyclic amines) is 1. The smallest absolute Gasteiger partial charge is 0.260 e. The van der Waals surface area contributed by atoms with E-state index in [9.17, 15) is 14.3 Å². The number of amides is 1. The molecule has 1 aromatic carbocycles. The maximum Gasteiger partial charge on any atom is 0.260 e. The van der Waals surface area contributed by atoms with Gasteiger partial charge in [0, 0.05) is 20.2 Å². The van der Waals surface area contributed by atoms with Gasteiger partial charge in [-0.2, -0.15) is 0 Å². The number of phenolic OH excluding ortho intramolecular Hbond substituents is 1. The first-order chi connectivity index (χ1) is 9.04. The van der Waals surface area contributed by atoms with Crippen LogP contribution in [0.4, 0.5) is 4.39 Å². The van der Waals surface area contributed by atoms with Gasteiger partial charge in [-0.3, -0.25) is 4.79 Å². The van der Waals surface area contributed by atoms with Crippen molar-refractivity contribution >= 4 is 5.91 Å². The largest absolute Gasteiger partial charge is 0.507 e. The SMILES string of the molecule is COC1CN(C(=O)c2c(O)cccc2F)CCC1C. The van der Waals surface area contributed by atoms with E-state index in [0.29, 0.717) is 19.0 Å². The second kappa shape index (κ2) is 5.57. The van der Waals surface area contributed by atoms with Crippen molar-refractivity contribution in [2.24, 2.45) is 5.92 Å². The molecule has 0 radical (unpaired) electrons. The first-order valence-electron chi connectivity index (χ1n) is 6.34. The lowest BCUT2D eigenvalue weighted by atomic mass is 9.95. The van der Waals surface area contributed by atoms with E-state index in [-0.39, 0.29) is 17.4 Å². The van der Waals surface area contributed by atoms with Gasteiger partial charge in [-0.15, -0.1) is 0 Å². The van der Waals surface area contributed by atoms with Crippen LogP contribution in [0.15, 0.2) is 18.2 Å². The number of methoxy groups -OCH3 is 1. The second-order valence-electron chi connectivity index (χ2n) is 4.93. The fourth-order valence-corrected chi connectivity index (χ4v) is 2.41. The molecule has 5 heteroatoms. The van der Waals surface area contributed by atoms with Gasteiger partial charge in [-0.05, 0) is 24.5 Å². The van der Waals surface area contributed by atoms with Crippen LogP contribution >= 0.6 is 0 Å². The predicted molar refractivity (Wildman–Crippen MR) is 68.5 cm³/mol. The van der Waals surface area contributed by atoms with Crippen molar-refractivity contribution in [3.8, 4) is 5.75 Å². The number of carbonyl (C=O) groups is 1. The van der Waals surface area contributed by atoms with Crippen molar-refractivity contribution in [1.29, 1.82) is 0 Å². The highest BCUT2D eigenvalue weighted by Gasteiger charge is 2.31. The highest BCUT2D eigenvalue weighted by Crippen LogP contribution is 2.25. The summed E-state index contributed by atoms with van der Waals surface area (Å²) in [4.78, 5) is 13.8. The average molecular weight is 267 g/mol. The number of hydrogen-bond donors (Lipinski definition) is 1. The van der Waals surface area contributed by atoms with Crippen LogP contribution in [0, 0.1) is 11.7 Å². The molecule has 0 bridgehead atoms. The van der Waals surface area contributed by atoms with Gasteiger partial charge in [0.25, 0.3) is 5.91 Å². The Bertz CT molecular complexity index is 458. The summed E-state index contributed by atoms with van der Waals surface area (Å²) in [5, 5.41) is 9.65. The number of hydrogen-bond acceptors (Lipinski definition) is 3. The normalized spacial score (nSPS) is 23.4. The van der Waals surface area contributed by atoms with Crippen molar-refractivity contribution in [3.05, 3.63) is 29.6 Å².